The van der Waals surface area contributed by atoms with Gasteiger partial charge in [-0.1, -0.05) is 0 Å². The van der Waals surface area contributed by atoms with Crippen LogP contribution in [-0.2, 0) is 0 Å². The standard InChI is InChI=1S/C12H7I2N3O2/c13-8-1-4-10(5-2-8)15-16-11-6-3-9(14)7-12(11)17(18)19/h1-7H. The first-order valence-corrected chi connectivity index (χ1v) is 7.33. The van der Waals surface area contributed by atoms with Crippen molar-refractivity contribution in [2.45, 2.75) is 0 Å². The van der Waals surface area contributed by atoms with Crippen LogP contribution in [0.1, 0.15) is 0 Å². The molecule has 0 aromatic heterocycles. The van der Waals surface area contributed by atoms with Gasteiger partial charge in [0.1, 0.15) is 0 Å². The van der Waals surface area contributed by atoms with Crippen molar-refractivity contribution in [3.8, 4) is 0 Å². The van der Waals surface area contributed by atoms with Crippen LogP contribution in [0.5, 0.6) is 0 Å². The van der Waals surface area contributed by atoms with E-state index in [1.807, 2.05) is 46.9 Å². The Morgan fingerprint density at radius 1 is 0.947 bits per heavy atom. The van der Waals surface area contributed by atoms with E-state index < -0.39 is 4.92 Å². The van der Waals surface area contributed by atoms with Crippen LogP contribution in [0.15, 0.2) is 52.7 Å². The highest BCUT2D eigenvalue weighted by Crippen LogP contribution is 2.30. The maximum Gasteiger partial charge on any atom is 0.297 e. The van der Waals surface area contributed by atoms with Crippen LogP contribution in [0.25, 0.3) is 0 Å². The van der Waals surface area contributed by atoms with Crippen molar-refractivity contribution in [3.05, 3.63) is 59.7 Å². The monoisotopic (exact) mass is 479 g/mol. The molecule has 0 heterocycles. The van der Waals surface area contributed by atoms with Crippen LogP contribution >= 0.6 is 45.2 Å². The minimum Gasteiger partial charge on any atom is -0.258 e. The summed E-state index contributed by atoms with van der Waals surface area (Å²) in [6.07, 6.45) is 0. The molecule has 2 aromatic rings. The number of hydrogen-bond acceptors (Lipinski definition) is 4. The number of benzene rings is 2. The summed E-state index contributed by atoms with van der Waals surface area (Å²) >= 11 is 4.21. The average Bonchev–Trinajstić information content (AvgIpc) is 2.39. The molecule has 7 heteroatoms. The summed E-state index contributed by atoms with van der Waals surface area (Å²) in [6.45, 7) is 0. The van der Waals surface area contributed by atoms with Crippen molar-refractivity contribution in [1.82, 2.24) is 0 Å². The zero-order valence-electron chi connectivity index (χ0n) is 9.46. The van der Waals surface area contributed by atoms with Gasteiger partial charge in [-0.3, -0.25) is 10.1 Å². The fraction of sp³-hybridized carbons (Fsp3) is 0. The van der Waals surface area contributed by atoms with E-state index in [1.54, 1.807) is 12.1 Å². The third kappa shape index (κ3) is 3.93. The van der Waals surface area contributed by atoms with Crippen molar-refractivity contribution in [2.75, 3.05) is 0 Å². The fourth-order valence-corrected chi connectivity index (χ4v) is 2.18. The molecule has 0 unspecified atom stereocenters. The summed E-state index contributed by atoms with van der Waals surface area (Å²) in [6, 6.07) is 12.2. The van der Waals surface area contributed by atoms with Crippen LogP contribution in [0, 0.1) is 17.3 Å². The van der Waals surface area contributed by atoms with Crippen molar-refractivity contribution >= 4 is 62.2 Å². The molecule has 0 saturated carbocycles. The number of nitrogens with zero attached hydrogens (tertiary/aromatic N) is 3. The van der Waals surface area contributed by atoms with Crippen LogP contribution in [-0.4, -0.2) is 4.92 Å². The van der Waals surface area contributed by atoms with Crippen LogP contribution in [0.2, 0.25) is 0 Å². The Bertz CT molecular complexity index is 642. The SMILES string of the molecule is O=[N+]([O-])c1cc(I)ccc1N=Nc1ccc(I)cc1. The van der Waals surface area contributed by atoms with Crippen LogP contribution in [0.4, 0.5) is 17.1 Å². The quantitative estimate of drug-likeness (QED) is 0.262. The minimum atomic E-state index is -0.454. The first kappa shape index (κ1) is 14.3. The number of rotatable bonds is 3. The Balaban J connectivity index is 2.32. The Labute approximate surface area is 136 Å². The van der Waals surface area contributed by atoms with Crippen molar-refractivity contribution in [1.29, 1.82) is 0 Å². The normalized spacial score (nSPS) is 10.8. The third-order valence-corrected chi connectivity index (χ3v) is 3.62. The number of halogens is 2. The van der Waals surface area contributed by atoms with Gasteiger partial charge in [-0.05, 0) is 81.6 Å². The van der Waals surface area contributed by atoms with Gasteiger partial charge in [-0.2, -0.15) is 5.11 Å². The maximum atomic E-state index is 10.9. The van der Waals surface area contributed by atoms with E-state index in [4.69, 9.17) is 0 Å². The zero-order chi connectivity index (χ0) is 13.8. The largest absolute Gasteiger partial charge is 0.297 e. The number of hydrogen-bond donors (Lipinski definition) is 0. The summed E-state index contributed by atoms with van der Waals surface area (Å²) in [5, 5.41) is 18.9. The molecular formula is C12H7I2N3O2. The van der Waals surface area contributed by atoms with Gasteiger partial charge in [0.15, 0.2) is 5.69 Å². The molecule has 0 aliphatic heterocycles. The van der Waals surface area contributed by atoms with Gasteiger partial charge in [0, 0.05) is 13.2 Å². The van der Waals surface area contributed by atoms with E-state index >= 15 is 0 Å². The first-order chi connectivity index (χ1) is 9.06. The third-order valence-electron chi connectivity index (χ3n) is 2.23. The van der Waals surface area contributed by atoms with Crippen molar-refractivity contribution in [2.24, 2.45) is 10.2 Å². The second kappa shape index (κ2) is 6.37. The Hall–Kier alpha value is -1.10. The smallest absolute Gasteiger partial charge is 0.258 e. The Morgan fingerprint density at radius 3 is 2.21 bits per heavy atom. The highest BCUT2D eigenvalue weighted by Gasteiger charge is 2.13. The molecule has 0 saturated heterocycles. The molecule has 19 heavy (non-hydrogen) atoms. The summed E-state index contributed by atoms with van der Waals surface area (Å²) in [5.74, 6) is 0. The van der Waals surface area contributed by atoms with Gasteiger partial charge in [0.05, 0.1) is 10.6 Å². The molecule has 0 spiro atoms. The van der Waals surface area contributed by atoms with Gasteiger partial charge in [0.25, 0.3) is 5.69 Å². The molecule has 96 valence electrons. The van der Waals surface area contributed by atoms with E-state index in [0.29, 0.717) is 5.69 Å². The average molecular weight is 479 g/mol. The Kier molecular flexibility index (Phi) is 4.80. The summed E-state index contributed by atoms with van der Waals surface area (Å²) in [7, 11) is 0. The zero-order valence-corrected chi connectivity index (χ0v) is 13.8. The van der Waals surface area contributed by atoms with E-state index in [0.717, 1.165) is 7.14 Å². The maximum absolute atomic E-state index is 10.9. The summed E-state index contributed by atoms with van der Waals surface area (Å²) in [4.78, 5) is 10.5. The number of nitro benzene ring substituents is 1. The topological polar surface area (TPSA) is 67.9 Å². The molecule has 0 atom stereocenters. The van der Waals surface area contributed by atoms with E-state index in [-0.39, 0.29) is 11.4 Å². The second-order valence-corrected chi connectivity index (χ2v) is 6.06. The molecule has 0 aliphatic carbocycles. The lowest BCUT2D eigenvalue weighted by Crippen LogP contribution is -1.88. The molecule has 0 N–H and O–H groups in total. The summed E-state index contributed by atoms with van der Waals surface area (Å²) in [5.41, 5.74) is 0.874. The molecule has 0 aliphatic rings. The molecule has 5 nitrogen and oxygen atoms in total. The highest BCUT2D eigenvalue weighted by atomic mass is 127. The minimum absolute atomic E-state index is 0.0406. The number of nitro groups is 1. The van der Waals surface area contributed by atoms with Gasteiger partial charge in [0.2, 0.25) is 0 Å². The van der Waals surface area contributed by atoms with E-state index in [9.17, 15) is 10.1 Å². The lowest BCUT2D eigenvalue weighted by molar-refractivity contribution is -0.384. The molecule has 0 amide bonds. The van der Waals surface area contributed by atoms with Gasteiger partial charge >= 0.3 is 0 Å². The summed E-state index contributed by atoms with van der Waals surface area (Å²) < 4.78 is 1.88. The lowest BCUT2D eigenvalue weighted by Gasteiger charge is -1.97. The van der Waals surface area contributed by atoms with E-state index in [1.165, 1.54) is 6.07 Å². The fourth-order valence-electron chi connectivity index (χ4n) is 1.35. The predicted octanol–water partition coefficient (Wildman–Crippen LogP) is 5.22. The molecular weight excluding hydrogens is 472 g/mol. The lowest BCUT2D eigenvalue weighted by atomic mass is 10.3. The van der Waals surface area contributed by atoms with Crippen molar-refractivity contribution in [3.63, 3.8) is 0 Å². The molecule has 0 radical (unpaired) electrons. The molecule has 2 aromatic carbocycles. The second-order valence-electron chi connectivity index (χ2n) is 3.57. The predicted molar refractivity (Wildman–Crippen MR) is 89.1 cm³/mol. The van der Waals surface area contributed by atoms with Crippen molar-refractivity contribution < 1.29 is 4.92 Å². The van der Waals surface area contributed by atoms with Gasteiger partial charge in [-0.25, -0.2) is 0 Å². The molecule has 0 bridgehead atoms. The Morgan fingerprint density at radius 2 is 1.58 bits per heavy atom. The van der Waals surface area contributed by atoms with E-state index in [2.05, 4.69) is 32.8 Å². The van der Waals surface area contributed by atoms with Gasteiger partial charge in [-0.15, -0.1) is 5.11 Å². The van der Waals surface area contributed by atoms with Crippen LogP contribution < -0.4 is 0 Å². The first-order valence-electron chi connectivity index (χ1n) is 5.17. The molecule has 0 fully saturated rings. The van der Waals surface area contributed by atoms with Crippen LogP contribution in [0.3, 0.4) is 0 Å². The van der Waals surface area contributed by atoms with Gasteiger partial charge < -0.3 is 0 Å². The number of azo groups is 1. The highest BCUT2D eigenvalue weighted by molar-refractivity contribution is 14.1. The molecule has 2 rings (SSSR count).